The highest BCUT2D eigenvalue weighted by Crippen LogP contribution is 2.18. The van der Waals surface area contributed by atoms with Gasteiger partial charge in [0.25, 0.3) is 0 Å². The molecular formula is C12H20N4O. The Balaban J connectivity index is 1.75. The molecule has 1 aromatic heterocycles. The summed E-state index contributed by atoms with van der Waals surface area (Å²) in [6, 6.07) is 1.67. The first-order chi connectivity index (χ1) is 8.25. The van der Waals surface area contributed by atoms with Crippen LogP contribution in [0, 0.1) is 0 Å². The predicted octanol–water partition coefficient (Wildman–Crippen LogP) is 1.11. The molecule has 1 aromatic rings. The molecule has 0 aliphatic carbocycles. The molecule has 4 N–H and O–H groups in total. The number of nitrogens with zero attached hydrogens (tertiary/aromatic N) is 2. The molecule has 0 atom stereocenters. The van der Waals surface area contributed by atoms with Crippen LogP contribution >= 0.6 is 0 Å². The average molecular weight is 236 g/mol. The number of hydrogen-bond acceptors (Lipinski definition) is 5. The van der Waals surface area contributed by atoms with Gasteiger partial charge in [0.1, 0.15) is 6.61 Å². The van der Waals surface area contributed by atoms with Gasteiger partial charge in [0.15, 0.2) is 0 Å². The number of piperidine rings is 1. The third kappa shape index (κ3) is 3.49. The van der Waals surface area contributed by atoms with E-state index in [0.29, 0.717) is 23.9 Å². The van der Waals surface area contributed by atoms with Crippen LogP contribution < -0.4 is 16.2 Å². The van der Waals surface area contributed by atoms with Crippen LogP contribution in [0.25, 0.3) is 0 Å². The molecule has 1 aliphatic heterocycles. The summed E-state index contributed by atoms with van der Waals surface area (Å²) in [6.07, 6.45) is 5.49. The quantitative estimate of drug-likeness (QED) is 0.819. The molecule has 5 nitrogen and oxygen atoms in total. The molecule has 2 heterocycles. The molecule has 1 aliphatic rings. The van der Waals surface area contributed by atoms with E-state index in [9.17, 15) is 0 Å². The number of anilines is 2. The molecule has 5 heteroatoms. The number of aromatic nitrogens is 1. The molecule has 1 saturated heterocycles. The van der Waals surface area contributed by atoms with E-state index in [0.717, 1.165) is 6.54 Å². The van der Waals surface area contributed by atoms with Crippen LogP contribution in [0.15, 0.2) is 12.3 Å². The number of nitrogens with two attached hydrogens (primary N) is 2. The largest absolute Gasteiger partial charge is 0.476 e. The first-order valence-corrected chi connectivity index (χ1v) is 6.12. The summed E-state index contributed by atoms with van der Waals surface area (Å²) in [4.78, 5) is 6.50. The minimum absolute atomic E-state index is 0.494. The van der Waals surface area contributed by atoms with Crippen molar-refractivity contribution in [2.45, 2.75) is 19.3 Å². The monoisotopic (exact) mass is 236 g/mol. The molecular weight excluding hydrogens is 216 g/mol. The summed E-state index contributed by atoms with van der Waals surface area (Å²) in [5, 5.41) is 0. The van der Waals surface area contributed by atoms with E-state index >= 15 is 0 Å². The van der Waals surface area contributed by atoms with E-state index in [4.69, 9.17) is 16.2 Å². The highest BCUT2D eigenvalue weighted by molar-refractivity contribution is 5.62. The van der Waals surface area contributed by atoms with E-state index in [2.05, 4.69) is 9.88 Å². The molecule has 0 amide bonds. The van der Waals surface area contributed by atoms with Crippen LogP contribution in [0.3, 0.4) is 0 Å². The number of hydrogen-bond donors (Lipinski definition) is 2. The molecule has 17 heavy (non-hydrogen) atoms. The second-order valence-corrected chi connectivity index (χ2v) is 4.40. The molecule has 1 fully saturated rings. The maximum Gasteiger partial charge on any atom is 0.215 e. The van der Waals surface area contributed by atoms with Gasteiger partial charge in [-0.2, -0.15) is 0 Å². The van der Waals surface area contributed by atoms with Crippen LogP contribution in [-0.2, 0) is 0 Å². The maximum absolute atomic E-state index is 5.68. The zero-order chi connectivity index (χ0) is 12.1. The lowest BCUT2D eigenvalue weighted by molar-refractivity contribution is 0.180. The first-order valence-electron chi connectivity index (χ1n) is 6.12. The van der Waals surface area contributed by atoms with Crippen molar-refractivity contribution >= 4 is 11.4 Å². The van der Waals surface area contributed by atoms with Gasteiger partial charge in [-0.1, -0.05) is 6.42 Å². The lowest BCUT2D eigenvalue weighted by Gasteiger charge is -2.26. The highest BCUT2D eigenvalue weighted by Gasteiger charge is 2.09. The lowest BCUT2D eigenvalue weighted by Crippen LogP contribution is -2.33. The summed E-state index contributed by atoms with van der Waals surface area (Å²) in [5.41, 5.74) is 12.3. The smallest absolute Gasteiger partial charge is 0.215 e. The highest BCUT2D eigenvalue weighted by atomic mass is 16.5. The fourth-order valence-corrected chi connectivity index (χ4v) is 2.00. The first kappa shape index (κ1) is 12.0. The third-order valence-corrected chi connectivity index (χ3v) is 3.05. The molecule has 2 rings (SSSR count). The van der Waals surface area contributed by atoms with E-state index in [1.165, 1.54) is 38.5 Å². The van der Waals surface area contributed by atoms with Crippen molar-refractivity contribution < 1.29 is 4.74 Å². The van der Waals surface area contributed by atoms with Gasteiger partial charge in [0, 0.05) is 12.6 Å². The molecule has 0 unspecified atom stereocenters. The SMILES string of the molecule is Nc1cnc(OCCN2CCCCC2)cc1N. The topological polar surface area (TPSA) is 77.4 Å². The minimum atomic E-state index is 0.494. The van der Waals surface area contributed by atoms with Gasteiger partial charge in [-0.05, 0) is 25.9 Å². The summed E-state index contributed by atoms with van der Waals surface area (Å²) >= 11 is 0. The Hall–Kier alpha value is -1.49. The predicted molar refractivity (Wildman–Crippen MR) is 68.8 cm³/mol. The number of nitrogen functional groups attached to an aromatic ring is 2. The van der Waals surface area contributed by atoms with Gasteiger partial charge >= 0.3 is 0 Å². The summed E-state index contributed by atoms with van der Waals surface area (Å²) in [6.45, 7) is 3.96. The van der Waals surface area contributed by atoms with Gasteiger partial charge in [0.2, 0.25) is 5.88 Å². The normalized spacial score (nSPS) is 16.9. The van der Waals surface area contributed by atoms with E-state index in [-0.39, 0.29) is 0 Å². The van der Waals surface area contributed by atoms with Crippen molar-refractivity contribution in [2.75, 3.05) is 37.7 Å². The number of pyridine rings is 1. The lowest BCUT2D eigenvalue weighted by atomic mass is 10.1. The van der Waals surface area contributed by atoms with Crippen LogP contribution in [-0.4, -0.2) is 36.1 Å². The van der Waals surface area contributed by atoms with E-state index in [1.54, 1.807) is 6.07 Å². The minimum Gasteiger partial charge on any atom is -0.476 e. The summed E-state index contributed by atoms with van der Waals surface area (Å²) < 4.78 is 5.56. The van der Waals surface area contributed by atoms with Gasteiger partial charge in [0.05, 0.1) is 17.6 Å². The second kappa shape index (κ2) is 5.72. The van der Waals surface area contributed by atoms with Crippen molar-refractivity contribution in [3.63, 3.8) is 0 Å². The summed E-state index contributed by atoms with van der Waals surface area (Å²) in [5.74, 6) is 0.550. The average Bonchev–Trinajstić information content (AvgIpc) is 2.35. The Labute approximate surface area is 102 Å². The summed E-state index contributed by atoms with van der Waals surface area (Å²) in [7, 11) is 0. The maximum atomic E-state index is 5.68. The molecule has 94 valence electrons. The molecule has 0 radical (unpaired) electrons. The van der Waals surface area contributed by atoms with Gasteiger partial charge in [-0.15, -0.1) is 0 Å². The second-order valence-electron chi connectivity index (χ2n) is 4.40. The van der Waals surface area contributed by atoms with Gasteiger partial charge < -0.3 is 16.2 Å². The molecule has 0 bridgehead atoms. The van der Waals surface area contributed by atoms with Gasteiger partial charge in [-0.3, -0.25) is 4.90 Å². The fraction of sp³-hybridized carbons (Fsp3) is 0.583. The number of ether oxygens (including phenoxy) is 1. The standard InChI is InChI=1S/C12H20N4O/c13-10-8-12(15-9-11(10)14)17-7-6-16-4-2-1-3-5-16/h8-9H,1-7,14H2,(H2,13,15). The van der Waals surface area contributed by atoms with Crippen molar-refractivity contribution in [1.82, 2.24) is 9.88 Å². The number of rotatable bonds is 4. The van der Waals surface area contributed by atoms with E-state index < -0.39 is 0 Å². The van der Waals surface area contributed by atoms with Crippen molar-refractivity contribution in [2.24, 2.45) is 0 Å². The van der Waals surface area contributed by atoms with E-state index in [1.807, 2.05) is 0 Å². The third-order valence-electron chi connectivity index (χ3n) is 3.05. The molecule has 0 aromatic carbocycles. The Bertz CT molecular complexity index is 364. The Kier molecular flexibility index (Phi) is 4.03. The van der Waals surface area contributed by atoms with Gasteiger partial charge in [-0.25, -0.2) is 4.98 Å². The van der Waals surface area contributed by atoms with Crippen LogP contribution in [0.5, 0.6) is 5.88 Å². The zero-order valence-corrected chi connectivity index (χ0v) is 10.1. The van der Waals surface area contributed by atoms with Crippen LogP contribution in [0.2, 0.25) is 0 Å². The Morgan fingerprint density at radius 3 is 2.65 bits per heavy atom. The fourth-order valence-electron chi connectivity index (χ4n) is 2.00. The Morgan fingerprint density at radius 1 is 1.18 bits per heavy atom. The van der Waals surface area contributed by atoms with Crippen molar-refractivity contribution in [3.05, 3.63) is 12.3 Å². The zero-order valence-electron chi connectivity index (χ0n) is 10.1. The molecule has 0 saturated carbocycles. The van der Waals surface area contributed by atoms with Crippen molar-refractivity contribution in [1.29, 1.82) is 0 Å². The Morgan fingerprint density at radius 2 is 1.94 bits per heavy atom. The van der Waals surface area contributed by atoms with Crippen molar-refractivity contribution in [3.8, 4) is 5.88 Å². The van der Waals surface area contributed by atoms with Crippen LogP contribution in [0.1, 0.15) is 19.3 Å². The number of likely N-dealkylation sites (tertiary alicyclic amines) is 1. The molecule has 0 spiro atoms. The van der Waals surface area contributed by atoms with Crippen LogP contribution in [0.4, 0.5) is 11.4 Å².